The van der Waals surface area contributed by atoms with Crippen LogP contribution >= 0.6 is 0 Å². The van der Waals surface area contributed by atoms with Gasteiger partial charge in [-0.1, -0.05) is 0 Å². The van der Waals surface area contributed by atoms with Crippen molar-refractivity contribution in [2.75, 3.05) is 0 Å². The van der Waals surface area contributed by atoms with E-state index in [2.05, 4.69) is 5.32 Å². The number of Topliss-reactive ketones (excluding diaryl/α,β-unsaturated/α-hetero) is 1. The highest BCUT2D eigenvalue weighted by atomic mass is 19.1. The Morgan fingerprint density at radius 3 is 2.88 bits per heavy atom. The molecule has 17 heavy (non-hydrogen) atoms. The molecule has 1 fully saturated rings. The lowest BCUT2D eigenvalue weighted by Gasteiger charge is -2.32. The summed E-state index contributed by atoms with van der Waals surface area (Å²) in [4.78, 5) is 23.7. The summed E-state index contributed by atoms with van der Waals surface area (Å²) < 4.78 is 13.1. The SMILES string of the molecule is O=C1CCCC2(Cc3cc(F)ccc3C2=O)N1. The molecule has 1 atom stereocenters. The zero-order chi connectivity index (χ0) is 12.0. The number of carbonyl (C=O) groups excluding carboxylic acids is 2. The van der Waals surface area contributed by atoms with Crippen LogP contribution in [0.2, 0.25) is 0 Å². The van der Waals surface area contributed by atoms with Gasteiger partial charge in [-0.05, 0) is 36.6 Å². The third-order valence-electron chi connectivity index (χ3n) is 3.62. The van der Waals surface area contributed by atoms with E-state index < -0.39 is 5.54 Å². The molecule has 1 aliphatic carbocycles. The van der Waals surface area contributed by atoms with E-state index in [1.165, 1.54) is 18.2 Å². The first-order valence-electron chi connectivity index (χ1n) is 5.75. The smallest absolute Gasteiger partial charge is 0.220 e. The number of amides is 1. The third kappa shape index (κ3) is 1.47. The first-order valence-corrected chi connectivity index (χ1v) is 5.75. The van der Waals surface area contributed by atoms with Crippen LogP contribution in [0.15, 0.2) is 18.2 Å². The Bertz CT molecular complexity index is 526. The molecule has 1 aromatic carbocycles. The third-order valence-corrected chi connectivity index (χ3v) is 3.62. The molecule has 88 valence electrons. The van der Waals surface area contributed by atoms with E-state index >= 15 is 0 Å². The van der Waals surface area contributed by atoms with Gasteiger partial charge in [0.05, 0.1) is 0 Å². The summed E-state index contributed by atoms with van der Waals surface area (Å²) in [6, 6.07) is 4.20. The summed E-state index contributed by atoms with van der Waals surface area (Å²) in [5.41, 5.74) is 0.455. The topological polar surface area (TPSA) is 46.2 Å². The Morgan fingerprint density at radius 1 is 1.29 bits per heavy atom. The van der Waals surface area contributed by atoms with Crippen LogP contribution in [0.5, 0.6) is 0 Å². The molecule has 1 amide bonds. The molecule has 4 heteroatoms. The van der Waals surface area contributed by atoms with Gasteiger partial charge >= 0.3 is 0 Å². The van der Waals surface area contributed by atoms with E-state index in [9.17, 15) is 14.0 Å². The van der Waals surface area contributed by atoms with Crippen molar-refractivity contribution in [3.05, 3.63) is 35.1 Å². The van der Waals surface area contributed by atoms with E-state index in [1.807, 2.05) is 0 Å². The Labute approximate surface area is 98.0 Å². The number of hydrogen-bond acceptors (Lipinski definition) is 2. The normalized spacial score (nSPS) is 27.1. The maximum absolute atomic E-state index is 13.1. The molecule has 3 rings (SSSR count). The Kier molecular flexibility index (Phi) is 2.08. The van der Waals surface area contributed by atoms with Gasteiger partial charge in [0.25, 0.3) is 0 Å². The molecule has 1 heterocycles. The van der Waals surface area contributed by atoms with Crippen LogP contribution in [-0.2, 0) is 11.2 Å². The molecule has 2 aliphatic rings. The average Bonchev–Trinajstić information content (AvgIpc) is 2.51. The highest BCUT2D eigenvalue weighted by Crippen LogP contribution is 2.36. The van der Waals surface area contributed by atoms with Gasteiger partial charge < -0.3 is 5.32 Å². The summed E-state index contributed by atoms with van der Waals surface area (Å²) in [6.07, 6.45) is 2.26. The van der Waals surface area contributed by atoms with Crippen LogP contribution in [0.1, 0.15) is 35.2 Å². The summed E-state index contributed by atoms with van der Waals surface area (Å²) in [7, 11) is 0. The number of halogens is 1. The molecule has 0 saturated carbocycles. The van der Waals surface area contributed by atoms with Crippen LogP contribution in [0.4, 0.5) is 4.39 Å². The van der Waals surface area contributed by atoms with Gasteiger partial charge in [-0.25, -0.2) is 4.39 Å². The van der Waals surface area contributed by atoms with Gasteiger partial charge in [0.15, 0.2) is 5.78 Å². The van der Waals surface area contributed by atoms with E-state index in [0.29, 0.717) is 36.8 Å². The molecule has 1 spiro atoms. The van der Waals surface area contributed by atoms with E-state index in [0.717, 1.165) is 0 Å². The monoisotopic (exact) mass is 233 g/mol. The lowest BCUT2D eigenvalue weighted by Crippen LogP contribution is -2.55. The molecule has 1 N–H and O–H groups in total. The second-order valence-corrected chi connectivity index (χ2v) is 4.79. The van der Waals surface area contributed by atoms with Gasteiger partial charge in [0.2, 0.25) is 5.91 Å². The number of piperidine rings is 1. The predicted octanol–water partition coefficient (Wildman–Crippen LogP) is 1.60. The molecule has 0 bridgehead atoms. The van der Waals surface area contributed by atoms with Gasteiger partial charge in [0, 0.05) is 18.4 Å². The fourth-order valence-corrected chi connectivity index (χ4v) is 2.84. The standard InChI is InChI=1S/C13H12FNO2/c14-9-3-4-10-8(6-9)7-13(12(10)17)5-1-2-11(16)15-13/h3-4,6H,1-2,5,7H2,(H,15,16). The number of nitrogens with one attached hydrogen (secondary N) is 1. The lowest BCUT2D eigenvalue weighted by molar-refractivity contribution is -0.124. The first-order chi connectivity index (χ1) is 8.11. The van der Waals surface area contributed by atoms with Crippen molar-refractivity contribution >= 4 is 11.7 Å². The quantitative estimate of drug-likeness (QED) is 0.739. The van der Waals surface area contributed by atoms with Crippen molar-refractivity contribution in [1.29, 1.82) is 0 Å². The summed E-state index contributed by atoms with van der Waals surface area (Å²) in [5.74, 6) is -0.492. The van der Waals surface area contributed by atoms with Gasteiger partial charge in [0.1, 0.15) is 11.4 Å². The summed E-state index contributed by atoms with van der Waals surface area (Å²) in [5, 5.41) is 2.80. The highest BCUT2D eigenvalue weighted by molar-refractivity contribution is 6.09. The molecule has 1 saturated heterocycles. The minimum absolute atomic E-state index is 0.0689. The van der Waals surface area contributed by atoms with Gasteiger partial charge in [-0.3, -0.25) is 9.59 Å². The van der Waals surface area contributed by atoms with Gasteiger partial charge in [-0.2, -0.15) is 0 Å². The fraction of sp³-hybridized carbons (Fsp3) is 0.385. The van der Waals surface area contributed by atoms with E-state index in [-0.39, 0.29) is 17.5 Å². The number of hydrogen-bond donors (Lipinski definition) is 1. The van der Waals surface area contributed by atoms with Crippen molar-refractivity contribution < 1.29 is 14.0 Å². The molecule has 1 unspecified atom stereocenters. The molecular weight excluding hydrogens is 221 g/mol. The second-order valence-electron chi connectivity index (χ2n) is 4.79. The van der Waals surface area contributed by atoms with E-state index in [4.69, 9.17) is 0 Å². The molecule has 1 aliphatic heterocycles. The average molecular weight is 233 g/mol. The number of carbonyl (C=O) groups is 2. The minimum atomic E-state index is -0.800. The maximum atomic E-state index is 13.1. The van der Waals surface area contributed by atoms with Gasteiger partial charge in [-0.15, -0.1) is 0 Å². The van der Waals surface area contributed by atoms with Crippen LogP contribution in [-0.4, -0.2) is 17.2 Å². The van der Waals surface area contributed by atoms with Crippen molar-refractivity contribution in [3.63, 3.8) is 0 Å². The van der Waals surface area contributed by atoms with Crippen LogP contribution in [0, 0.1) is 5.82 Å². The number of benzene rings is 1. The molecule has 3 nitrogen and oxygen atoms in total. The molecule has 1 aromatic rings. The fourth-order valence-electron chi connectivity index (χ4n) is 2.84. The minimum Gasteiger partial charge on any atom is -0.343 e. The largest absolute Gasteiger partial charge is 0.343 e. The number of ketones is 1. The van der Waals surface area contributed by atoms with Crippen molar-refractivity contribution in [2.45, 2.75) is 31.2 Å². The van der Waals surface area contributed by atoms with Crippen molar-refractivity contribution in [2.24, 2.45) is 0 Å². The Morgan fingerprint density at radius 2 is 2.12 bits per heavy atom. The summed E-state index contributed by atoms with van der Waals surface area (Å²) in [6.45, 7) is 0. The van der Waals surface area contributed by atoms with Crippen molar-refractivity contribution in [1.82, 2.24) is 5.32 Å². The zero-order valence-corrected chi connectivity index (χ0v) is 9.25. The van der Waals surface area contributed by atoms with Crippen LogP contribution < -0.4 is 5.32 Å². The van der Waals surface area contributed by atoms with Crippen molar-refractivity contribution in [3.8, 4) is 0 Å². The number of fused-ring (bicyclic) bond motifs is 1. The molecule has 0 aromatic heterocycles. The first kappa shape index (κ1) is 10.4. The van der Waals surface area contributed by atoms with Crippen LogP contribution in [0.3, 0.4) is 0 Å². The van der Waals surface area contributed by atoms with E-state index in [1.54, 1.807) is 0 Å². The lowest BCUT2D eigenvalue weighted by atomic mass is 9.85. The maximum Gasteiger partial charge on any atom is 0.220 e. The van der Waals surface area contributed by atoms with Crippen LogP contribution in [0.25, 0.3) is 0 Å². The number of rotatable bonds is 0. The predicted molar refractivity (Wildman–Crippen MR) is 59.2 cm³/mol. The highest BCUT2D eigenvalue weighted by Gasteiger charge is 2.47. The molecule has 0 radical (unpaired) electrons. The Balaban J connectivity index is 2.03. The molecular formula is C13H12FNO2. The second kappa shape index (κ2) is 3.39. The Hall–Kier alpha value is -1.71. The zero-order valence-electron chi connectivity index (χ0n) is 9.25. The summed E-state index contributed by atoms with van der Waals surface area (Å²) >= 11 is 0.